The number of benzene rings is 3. The lowest BCUT2D eigenvalue weighted by molar-refractivity contribution is -0.126. The minimum Gasteiger partial charge on any atom is -0.378 e. The quantitative estimate of drug-likeness (QED) is 0.586. The maximum absolute atomic E-state index is 13.5. The van der Waals surface area contributed by atoms with E-state index >= 15 is 0 Å². The zero-order chi connectivity index (χ0) is 22.4. The second kappa shape index (κ2) is 7.76. The Labute approximate surface area is 185 Å². The summed E-state index contributed by atoms with van der Waals surface area (Å²) in [5.41, 5.74) is 3.00. The van der Waals surface area contributed by atoms with Gasteiger partial charge in [0.25, 0.3) is 5.91 Å². The Hall–Kier alpha value is -3.71. The van der Waals surface area contributed by atoms with E-state index in [9.17, 15) is 14.0 Å². The molecule has 162 valence electrons. The summed E-state index contributed by atoms with van der Waals surface area (Å²) in [5, 5.41) is 1.66. The van der Waals surface area contributed by atoms with Crippen molar-refractivity contribution < 1.29 is 18.8 Å². The monoisotopic (exact) mass is 431 g/mol. The minimum atomic E-state index is -0.953. The van der Waals surface area contributed by atoms with Gasteiger partial charge in [-0.3, -0.25) is 14.4 Å². The standard InChI is InChI=1S/C25H22FN3O3/c1-27(2)18-12-8-16(9-13-18)22-21-23(32-29(22)20-6-4-3-5-7-20)25(31)28(24(21)30)19-14-10-17(26)11-15-19/h3-15,21-23H,1-2H3/t21-,22+,23-/m1/s1. The first-order valence-corrected chi connectivity index (χ1v) is 10.4. The van der Waals surface area contributed by atoms with E-state index in [0.29, 0.717) is 5.69 Å². The molecule has 3 aromatic rings. The Kier molecular flexibility index (Phi) is 4.90. The van der Waals surface area contributed by atoms with Gasteiger partial charge in [0.1, 0.15) is 11.7 Å². The lowest BCUT2D eigenvalue weighted by Gasteiger charge is -2.29. The maximum atomic E-state index is 13.5. The summed E-state index contributed by atoms with van der Waals surface area (Å²) in [6, 6.07) is 22.1. The molecule has 2 amide bonds. The molecule has 0 aliphatic carbocycles. The summed E-state index contributed by atoms with van der Waals surface area (Å²) in [6.45, 7) is 0. The number of hydrogen-bond donors (Lipinski definition) is 0. The van der Waals surface area contributed by atoms with Gasteiger partial charge in [-0.2, -0.15) is 0 Å². The Morgan fingerprint density at radius 2 is 1.47 bits per heavy atom. The van der Waals surface area contributed by atoms with Crippen LogP contribution in [0.25, 0.3) is 0 Å². The van der Waals surface area contributed by atoms with Gasteiger partial charge in [0.2, 0.25) is 5.91 Å². The summed E-state index contributed by atoms with van der Waals surface area (Å²) < 4.78 is 13.4. The summed E-state index contributed by atoms with van der Waals surface area (Å²) >= 11 is 0. The van der Waals surface area contributed by atoms with Gasteiger partial charge in [0.05, 0.1) is 17.4 Å². The number of anilines is 3. The number of hydrogen-bond acceptors (Lipinski definition) is 5. The van der Waals surface area contributed by atoms with Crippen molar-refractivity contribution in [2.75, 3.05) is 29.0 Å². The maximum Gasteiger partial charge on any atom is 0.266 e. The van der Waals surface area contributed by atoms with E-state index in [-0.39, 0.29) is 5.91 Å². The normalized spacial score (nSPS) is 22.4. The molecule has 0 spiro atoms. The summed E-state index contributed by atoms with van der Waals surface area (Å²) in [6.07, 6.45) is -0.953. The van der Waals surface area contributed by atoms with Gasteiger partial charge in [-0.05, 0) is 54.1 Å². The SMILES string of the molecule is CN(C)c1ccc([C@H]2[C@H]3C(=O)N(c4ccc(F)cc4)C(=O)[C@@H]3ON2c2ccccc2)cc1. The molecule has 32 heavy (non-hydrogen) atoms. The molecule has 0 aromatic heterocycles. The van der Waals surface area contributed by atoms with E-state index < -0.39 is 29.8 Å². The van der Waals surface area contributed by atoms with Gasteiger partial charge in [0, 0.05) is 19.8 Å². The van der Waals surface area contributed by atoms with Gasteiger partial charge in [-0.1, -0.05) is 30.3 Å². The topological polar surface area (TPSA) is 53.1 Å². The summed E-state index contributed by atoms with van der Waals surface area (Å²) in [5.74, 6) is -1.96. The molecular weight excluding hydrogens is 409 g/mol. The molecule has 0 radical (unpaired) electrons. The van der Waals surface area contributed by atoms with Crippen LogP contribution in [-0.4, -0.2) is 32.0 Å². The van der Waals surface area contributed by atoms with E-state index in [4.69, 9.17) is 4.84 Å². The molecule has 2 fully saturated rings. The van der Waals surface area contributed by atoms with Crippen LogP contribution in [0.15, 0.2) is 78.9 Å². The molecule has 2 heterocycles. The third kappa shape index (κ3) is 3.22. The van der Waals surface area contributed by atoms with Gasteiger partial charge >= 0.3 is 0 Å². The van der Waals surface area contributed by atoms with Crippen molar-refractivity contribution in [2.45, 2.75) is 12.1 Å². The molecule has 0 saturated carbocycles. The Bertz CT molecular complexity index is 1150. The second-order valence-electron chi connectivity index (χ2n) is 8.13. The van der Waals surface area contributed by atoms with E-state index in [2.05, 4.69) is 0 Å². The number of amides is 2. The first-order valence-electron chi connectivity index (χ1n) is 10.4. The number of fused-ring (bicyclic) bond motifs is 1. The van der Waals surface area contributed by atoms with E-state index in [1.54, 1.807) is 5.06 Å². The van der Waals surface area contributed by atoms with Gasteiger partial charge < -0.3 is 4.90 Å². The summed E-state index contributed by atoms with van der Waals surface area (Å²) in [4.78, 5) is 36.0. The van der Waals surface area contributed by atoms with Crippen LogP contribution in [0, 0.1) is 11.7 Å². The highest BCUT2D eigenvalue weighted by Crippen LogP contribution is 2.47. The molecule has 0 bridgehead atoms. The molecule has 7 heteroatoms. The Morgan fingerprint density at radius 1 is 0.812 bits per heavy atom. The molecule has 6 nitrogen and oxygen atoms in total. The lowest BCUT2D eigenvalue weighted by atomic mass is 9.90. The van der Waals surface area contributed by atoms with Crippen LogP contribution in [0.1, 0.15) is 11.6 Å². The van der Waals surface area contributed by atoms with Crippen molar-refractivity contribution in [1.82, 2.24) is 0 Å². The van der Waals surface area contributed by atoms with E-state index in [0.717, 1.165) is 21.8 Å². The van der Waals surface area contributed by atoms with Crippen LogP contribution in [-0.2, 0) is 14.4 Å². The number of carbonyl (C=O) groups excluding carboxylic acids is 2. The molecule has 2 aliphatic heterocycles. The molecule has 5 rings (SSSR count). The number of hydroxylamine groups is 1. The van der Waals surface area contributed by atoms with Crippen molar-refractivity contribution in [3.63, 3.8) is 0 Å². The number of imide groups is 1. The fourth-order valence-electron chi connectivity index (χ4n) is 4.37. The van der Waals surface area contributed by atoms with Gasteiger partial charge in [0.15, 0.2) is 6.10 Å². The van der Waals surface area contributed by atoms with E-state index in [1.165, 1.54) is 24.3 Å². The highest BCUT2D eigenvalue weighted by Gasteiger charge is 2.60. The number of carbonyl (C=O) groups is 2. The molecule has 2 saturated heterocycles. The predicted molar refractivity (Wildman–Crippen MR) is 120 cm³/mol. The molecular formula is C25H22FN3O3. The first kappa shape index (κ1) is 20.2. The number of rotatable bonds is 4. The van der Waals surface area contributed by atoms with Crippen LogP contribution in [0.2, 0.25) is 0 Å². The first-order chi connectivity index (χ1) is 15.5. The third-order valence-electron chi connectivity index (χ3n) is 5.96. The molecule has 2 aliphatic rings. The van der Waals surface area contributed by atoms with Crippen molar-refractivity contribution in [3.8, 4) is 0 Å². The fraction of sp³-hybridized carbons (Fsp3) is 0.200. The van der Waals surface area contributed by atoms with Crippen LogP contribution in [0.5, 0.6) is 0 Å². The molecule has 0 unspecified atom stereocenters. The van der Waals surface area contributed by atoms with Gasteiger partial charge in [-0.15, -0.1) is 0 Å². The Balaban J connectivity index is 1.56. The number of nitrogens with zero attached hydrogens (tertiary/aromatic N) is 3. The molecule has 3 aromatic carbocycles. The highest BCUT2D eigenvalue weighted by atomic mass is 19.1. The second-order valence-corrected chi connectivity index (χ2v) is 8.13. The van der Waals surface area contributed by atoms with Crippen molar-refractivity contribution >= 4 is 28.9 Å². The average Bonchev–Trinajstić information content (AvgIpc) is 3.31. The molecule has 0 N–H and O–H groups in total. The van der Waals surface area contributed by atoms with Crippen LogP contribution >= 0.6 is 0 Å². The third-order valence-corrected chi connectivity index (χ3v) is 5.96. The molecule has 3 atom stereocenters. The smallest absolute Gasteiger partial charge is 0.266 e. The predicted octanol–water partition coefficient (Wildman–Crippen LogP) is 3.94. The van der Waals surface area contributed by atoms with Crippen molar-refractivity contribution in [1.29, 1.82) is 0 Å². The van der Waals surface area contributed by atoms with E-state index in [1.807, 2.05) is 73.6 Å². The average molecular weight is 431 g/mol. The largest absolute Gasteiger partial charge is 0.378 e. The number of para-hydroxylation sites is 1. The van der Waals surface area contributed by atoms with Crippen molar-refractivity contribution in [2.24, 2.45) is 5.92 Å². The zero-order valence-electron chi connectivity index (χ0n) is 17.7. The van der Waals surface area contributed by atoms with Crippen LogP contribution in [0.4, 0.5) is 21.5 Å². The fourth-order valence-corrected chi connectivity index (χ4v) is 4.37. The minimum absolute atomic E-state index is 0.340. The van der Waals surface area contributed by atoms with Crippen molar-refractivity contribution in [3.05, 3.63) is 90.2 Å². The van der Waals surface area contributed by atoms with Crippen LogP contribution < -0.4 is 14.9 Å². The Morgan fingerprint density at radius 3 is 2.09 bits per heavy atom. The van der Waals surface area contributed by atoms with Gasteiger partial charge in [-0.25, -0.2) is 14.4 Å². The zero-order valence-corrected chi connectivity index (χ0v) is 17.7. The summed E-state index contributed by atoms with van der Waals surface area (Å²) in [7, 11) is 3.92. The number of halogens is 1. The highest BCUT2D eigenvalue weighted by molar-refractivity contribution is 6.23. The lowest BCUT2D eigenvalue weighted by Crippen LogP contribution is -2.37. The van der Waals surface area contributed by atoms with Crippen LogP contribution in [0.3, 0.4) is 0 Å².